The minimum atomic E-state index is -0.459. The Kier molecular flexibility index (Phi) is 4.55. The number of carbonyl (C=O) groups excluding carboxylic acids is 2. The van der Waals surface area contributed by atoms with E-state index >= 15 is 0 Å². The van der Waals surface area contributed by atoms with Crippen LogP contribution < -0.4 is 11.1 Å². The molecular weight excluding hydrogens is 194 g/mol. The average Bonchev–Trinajstić information content (AvgIpc) is 2.29. The van der Waals surface area contributed by atoms with E-state index in [4.69, 9.17) is 5.73 Å². The van der Waals surface area contributed by atoms with Crippen LogP contribution in [-0.2, 0) is 9.59 Å². The lowest BCUT2D eigenvalue weighted by Crippen LogP contribution is -2.49. The SMILES string of the molecule is CC(NC(=O)CN)C(=O)N1CCCCC1. The van der Waals surface area contributed by atoms with E-state index in [1.165, 1.54) is 6.42 Å². The van der Waals surface area contributed by atoms with Crippen molar-refractivity contribution in [2.45, 2.75) is 32.2 Å². The summed E-state index contributed by atoms with van der Waals surface area (Å²) in [7, 11) is 0. The third kappa shape index (κ3) is 3.51. The summed E-state index contributed by atoms with van der Waals surface area (Å²) in [6, 6.07) is -0.459. The molecule has 1 aliphatic heterocycles. The van der Waals surface area contributed by atoms with E-state index in [0.29, 0.717) is 0 Å². The second-order valence-electron chi connectivity index (χ2n) is 3.88. The molecule has 15 heavy (non-hydrogen) atoms. The average molecular weight is 213 g/mol. The molecule has 0 aromatic heterocycles. The number of nitrogens with one attached hydrogen (secondary N) is 1. The van der Waals surface area contributed by atoms with Crippen molar-refractivity contribution in [1.82, 2.24) is 10.2 Å². The summed E-state index contributed by atoms with van der Waals surface area (Å²) in [4.78, 5) is 24.6. The number of nitrogens with zero attached hydrogens (tertiary/aromatic N) is 1. The van der Waals surface area contributed by atoms with Gasteiger partial charge in [0.1, 0.15) is 6.04 Å². The normalized spacial score (nSPS) is 18.4. The maximum atomic E-state index is 11.8. The Hall–Kier alpha value is -1.10. The molecule has 0 radical (unpaired) electrons. The van der Waals surface area contributed by atoms with Gasteiger partial charge in [0.2, 0.25) is 11.8 Å². The van der Waals surface area contributed by atoms with E-state index in [1.54, 1.807) is 6.92 Å². The van der Waals surface area contributed by atoms with Crippen LogP contribution in [0.25, 0.3) is 0 Å². The summed E-state index contributed by atoms with van der Waals surface area (Å²) in [6.07, 6.45) is 3.31. The van der Waals surface area contributed by atoms with Gasteiger partial charge in [0.25, 0.3) is 0 Å². The monoisotopic (exact) mass is 213 g/mol. The molecule has 1 rings (SSSR count). The fourth-order valence-corrected chi connectivity index (χ4v) is 1.75. The summed E-state index contributed by atoms with van der Waals surface area (Å²) in [5.74, 6) is -0.288. The second kappa shape index (κ2) is 5.70. The van der Waals surface area contributed by atoms with E-state index in [9.17, 15) is 9.59 Å². The van der Waals surface area contributed by atoms with Gasteiger partial charge in [-0.25, -0.2) is 0 Å². The Bertz CT molecular complexity index is 237. The van der Waals surface area contributed by atoms with Crippen LogP contribution in [0.4, 0.5) is 0 Å². The van der Waals surface area contributed by atoms with Crippen molar-refractivity contribution in [3.63, 3.8) is 0 Å². The number of amides is 2. The number of hydrogen-bond acceptors (Lipinski definition) is 3. The maximum absolute atomic E-state index is 11.8. The molecule has 0 aromatic rings. The lowest BCUT2D eigenvalue weighted by molar-refractivity contribution is -0.136. The van der Waals surface area contributed by atoms with Crippen LogP contribution in [0.3, 0.4) is 0 Å². The maximum Gasteiger partial charge on any atom is 0.244 e. The molecule has 1 saturated heterocycles. The molecule has 0 aliphatic carbocycles. The minimum absolute atomic E-state index is 0.00324. The molecule has 1 atom stereocenters. The van der Waals surface area contributed by atoms with Crippen LogP contribution in [-0.4, -0.2) is 42.4 Å². The quantitative estimate of drug-likeness (QED) is 0.661. The molecule has 1 fully saturated rings. The van der Waals surface area contributed by atoms with Gasteiger partial charge in [-0.15, -0.1) is 0 Å². The van der Waals surface area contributed by atoms with E-state index in [2.05, 4.69) is 5.32 Å². The van der Waals surface area contributed by atoms with Gasteiger partial charge in [0, 0.05) is 13.1 Å². The molecule has 1 aliphatic rings. The molecule has 1 heterocycles. The van der Waals surface area contributed by atoms with Crippen molar-refractivity contribution in [1.29, 1.82) is 0 Å². The smallest absolute Gasteiger partial charge is 0.244 e. The molecule has 0 bridgehead atoms. The van der Waals surface area contributed by atoms with Crippen LogP contribution in [0, 0.1) is 0 Å². The van der Waals surface area contributed by atoms with E-state index in [0.717, 1.165) is 25.9 Å². The van der Waals surface area contributed by atoms with Crippen molar-refractivity contribution in [3.8, 4) is 0 Å². The minimum Gasteiger partial charge on any atom is -0.343 e. The van der Waals surface area contributed by atoms with Crippen LogP contribution >= 0.6 is 0 Å². The van der Waals surface area contributed by atoms with E-state index in [-0.39, 0.29) is 18.4 Å². The molecule has 0 aromatic carbocycles. The fourth-order valence-electron chi connectivity index (χ4n) is 1.75. The first kappa shape index (κ1) is 12.0. The zero-order chi connectivity index (χ0) is 11.3. The topological polar surface area (TPSA) is 75.4 Å². The summed E-state index contributed by atoms with van der Waals surface area (Å²) in [5, 5.41) is 2.57. The van der Waals surface area contributed by atoms with E-state index in [1.807, 2.05) is 4.90 Å². The van der Waals surface area contributed by atoms with Gasteiger partial charge in [-0.1, -0.05) is 0 Å². The highest BCUT2D eigenvalue weighted by Crippen LogP contribution is 2.09. The van der Waals surface area contributed by atoms with Gasteiger partial charge in [-0.3, -0.25) is 9.59 Å². The molecule has 2 amide bonds. The number of likely N-dealkylation sites (tertiary alicyclic amines) is 1. The lowest BCUT2D eigenvalue weighted by Gasteiger charge is -2.29. The Morgan fingerprint density at radius 3 is 2.47 bits per heavy atom. The number of hydrogen-bond donors (Lipinski definition) is 2. The van der Waals surface area contributed by atoms with Crippen molar-refractivity contribution in [2.75, 3.05) is 19.6 Å². The molecule has 0 saturated carbocycles. The summed E-state index contributed by atoms with van der Waals surface area (Å²) < 4.78 is 0. The molecule has 1 unspecified atom stereocenters. The predicted octanol–water partition coefficient (Wildman–Crippen LogP) is -0.538. The van der Waals surface area contributed by atoms with Crippen LogP contribution in [0.15, 0.2) is 0 Å². The van der Waals surface area contributed by atoms with Gasteiger partial charge in [-0.2, -0.15) is 0 Å². The Balaban J connectivity index is 2.40. The first-order valence-corrected chi connectivity index (χ1v) is 5.43. The van der Waals surface area contributed by atoms with Crippen molar-refractivity contribution in [2.24, 2.45) is 5.73 Å². The number of piperidine rings is 1. The number of rotatable bonds is 3. The third-order valence-electron chi connectivity index (χ3n) is 2.60. The highest BCUT2D eigenvalue weighted by molar-refractivity contribution is 5.87. The van der Waals surface area contributed by atoms with E-state index < -0.39 is 6.04 Å². The molecule has 3 N–H and O–H groups in total. The fraction of sp³-hybridized carbons (Fsp3) is 0.800. The predicted molar refractivity (Wildman–Crippen MR) is 57.1 cm³/mol. The summed E-state index contributed by atoms with van der Waals surface area (Å²) in [5.41, 5.74) is 5.16. The zero-order valence-corrected chi connectivity index (χ0v) is 9.16. The first-order valence-electron chi connectivity index (χ1n) is 5.43. The Labute approximate surface area is 90.0 Å². The summed E-state index contributed by atoms with van der Waals surface area (Å²) >= 11 is 0. The van der Waals surface area contributed by atoms with Crippen LogP contribution in [0.1, 0.15) is 26.2 Å². The highest BCUT2D eigenvalue weighted by atomic mass is 16.2. The van der Waals surface area contributed by atoms with Gasteiger partial charge in [0.15, 0.2) is 0 Å². The van der Waals surface area contributed by atoms with Crippen LogP contribution in [0.2, 0.25) is 0 Å². The summed E-state index contributed by atoms with van der Waals surface area (Å²) in [6.45, 7) is 3.24. The molecular formula is C10H19N3O2. The number of carbonyl (C=O) groups is 2. The Morgan fingerprint density at radius 1 is 1.33 bits per heavy atom. The highest BCUT2D eigenvalue weighted by Gasteiger charge is 2.22. The zero-order valence-electron chi connectivity index (χ0n) is 9.16. The second-order valence-corrected chi connectivity index (χ2v) is 3.88. The van der Waals surface area contributed by atoms with Gasteiger partial charge in [0.05, 0.1) is 6.54 Å². The number of nitrogens with two attached hydrogens (primary N) is 1. The van der Waals surface area contributed by atoms with Gasteiger partial charge >= 0.3 is 0 Å². The van der Waals surface area contributed by atoms with Crippen molar-refractivity contribution < 1.29 is 9.59 Å². The molecule has 86 valence electrons. The molecule has 5 heteroatoms. The van der Waals surface area contributed by atoms with Gasteiger partial charge in [-0.05, 0) is 26.2 Å². The van der Waals surface area contributed by atoms with Crippen LogP contribution in [0.5, 0.6) is 0 Å². The molecule has 0 spiro atoms. The van der Waals surface area contributed by atoms with Crippen molar-refractivity contribution >= 4 is 11.8 Å². The van der Waals surface area contributed by atoms with Crippen molar-refractivity contribution in [3.05, 3.63) is 0 Å². The molecule has 5 nitrogen and oxygen atoms in total. The first-order chi connectivity index (χ1) is 7.15. The van der Waals surface area contributed by atoms with Gasteiger partial charge < -0.3 is 16.0 Å². The lowest BCUT2D eigenvalue weighted by atomic mass is 10.1. The third-order valence-corrected chi connectivity index (χ3v) is 2.60. The largest absolute Gasteiger partial charge is 0.343 e. The standard InChI is InChI=1S/C10H19N3O2/c1-8(12-9(14)7-11)10(15)13-5-3-2-4-6-13/h8H,2-7,11H2,1H3,(H,12,14). The Morgan fingerprint density at radius 2 is 1.93 bits per heavy atom.